The van der Waals surface area contributed by atoms with Gasteiger partial charge in [-0.3, -0.25) is 0 Å². The van der Waals surface area contributed by atoms with Gasteiger partial charge in [-0.2, -0.15) is 0 Å². The van der Waals surface area contributed by atoms with Crippen LogP contribution in [0.1, 0.15) is 0 Å². The molecule has 0 radical (unpaired) electrons. The average molecular weight is 104 g/mol. The lowest BCUT2D eigenvalue weighted by Crippen LogP contribution is -1.61. The molecule has 0 rings (SSSR count). The summed E-state index contributed by atoms with van der Waals surface area (Å²) in [5.74, 6) is 2.37. The summed E-state index contributed by atoms with van der Waals surface area (Å²) in [5.41, 5.74) is 0.671. The molecule has 0 aliphatic rings. The summed E-state index contributed by atoms with van der Waals surface area (Å²) in [6.07, 6.45) is 10.1. The number of allylic oxidation sites excluding steroid dienone is 4. The van der Waals surface area contributed by atoms with Crippen LogP contribution in [0, 0.1) is 12.3 Å². The molecule has 0 atom stereocenters. The highest BCUT2D eigenvalue weighted by Crippen LogP contribution is 1.87. The first-order chi connectivity index (χ1) is 3.81. The Kier molecular flexibility index (Phi) is 3.35. The largest absolute Gasteiger partial charge is 0.115 e. The summed E-state index contributed by atoms with van der Waals surface area (Å²) >= 11 is 0. The summed E-state index contributed by atoms with van der Waals surface area (Å²) < 4.78 is 0. The molecule has 0 heterocycles. The van der Waals surface area contributed by atoms with Gasteiger partial charge < -0.3 is 0 Å². The molecule has 0 aromatic heterocycles. The molecule has 0 amide bonds. The molecular formula is C8H8. The van der Waals surface area contributed by atoms with Gasteiger partial charge >= 0.3 is 0 Å². The monoisotopic (exact) mass is 104 g/mol. The maximum atomic E-state index is 4.98. The molecule has 0 bridgehead atoms. The molecule has 0 nitrogen and oxygen atoms in total. The van der Waals surface area contributed by atoms with Crippen molar-refractivity contribution in [3.05, 3.63) is 37.0 Å². The van der Waals surface area contributed by atoms with Crippen LogP contribution in [0.25, 0.3) is 0 Å². The maximum Gasteiger partial charge on any atom is 0.0170 e. The van der Waals surface area contributed by atoms with Crippen molar-refractivity contribution in [1.82, 2.24) is 0 Å². The molecule has 0 fully saturated rings. The summed E-state index contributed by atoms with van der Waals surface area (Å²) in [6.45, 7) is 7.01. The fraction of sp³-hybridized carbons (Fsp3) is 0. The van der Waals surface area contributed by atoms with Crippen LogP contribution in [0.15, 0.2) is 37.0 Å². The van der Waals surface area contributed by atoms with Crippen molar-refractivity contribution >= 4 is 0 Å². The molecule has 0 aromatic rings. The Labute approximate surface area is 50.2 Å². The third-order valence-electron chi connectivity index (χ3n) is 0.619. The van der Waals surface area contributed by atoms with Crippen LogP contribution < -0.4 is 0 Å². The zero-order valence-electron chi connectivity index (χ0n) is 4.72. The van der Waals surface area contributed by atoms with Gasteiger partial charge in [0.2, 0.25) is 0 Å². The average Bonchev–Trinajstić information content (AvgIpc) is 1.83. The molecule has 8 heavy (non-hydrogen) atoms. The Morgan fingerprint density at radius 1 is 1.62 bits per heavy atom. The predicted octanol–water partition coefficient (Wildman–Crippen LogP) is 1.92. The summed E-state index contributed by atoms with van der Waals surface area (Å²) in [7, 11) is 0. The number of hydrogen-bond acceptors (Lipinski definition) is 0. The highest BCUT2D eigenvalue weighted by Gasteiger charge is 1.70. The van der Waals surface area contributed by atoms with Gasteiger partial charge in [0.15, 0.2) is 0 Å². The minimum atomic E-state index is 0.671. The smallest absolute Gasteiger partial charge is 0.0170 e. The lowest BCUT2D eigenvalue weighted by atomic mass is 10.3. The minimum absolute atomic E-state index is 0.671. The van der Waals surface area contributed by atoms with Gasteiger partial charge in [-0.05, 0) is 6.08 Å². The van der Waals surface area contributed by atoms with Crippen molar-refractivity contribution in [2.24, 2.45) is 0 Å². The van der Waals surface area contributed by atoms with Crippen LogP contribution in [0.4, 0.5) is 0 Å². The lowest BCUT2D eigenvalue weighted by Gasteiger charge is -1.77. The van der Waals surface area contributed by atoms with E-state index in [1.165, 1.54) is 0 Å². The van der Waals surface area contributed by atoms with Crippen LogP contribution in [0.2, 0.25) is 0 Å². The normalized spacial score (nSPS) is 8.38. The van der Waals surface area contributed by atoms with E-state index in [-0.39, 0.29) is 0 Å². The van der Waals surface area contributed by atoms with E-state index in [1.54, 1.807) is 18.2 Å². The van der Waals surface area contributed by atoms with Gasteiger partial charge in [-0.25, -0.2) is 0 Å². The van der Waals surface area contributed by atoms with Crippen molar-refractivity contribution in [3.63, 3.8) is 0 Å². The maximum absolute atomic E-state index is 4.98. The van der Waals surface area contributed by atoms with E-state index >= 15 is 0 Å². The van der Waals surface area contributed by atoms with Crippen LogP contribution in [0.3, 0.4) is 0 Å². The molecule has 0 N–H and O–H groups in total. The van der Waals surface area contributed by atoms with Crippen LogP contribution >= 0.6 is 0 Å². The fourth-order valence-corrected chi connectivity index (χ4v) is 0.232. The van der Waals surface area contributed by atoms with E-state index in [9.17, 15) is 0 Å². The highest BCUT2D eigenvalue weighted by atomic mass is 13.7. The Morgan fingerprint density at radius 2 is 2.25 bits per heavy atom. The topological polar surface area (TPSA) is 0 Å². The van der Waals surface area contributed by atoms with Gasteiger partial charge in [0.25, 0.3) is 0 Å². The van der Waals surface area contributed by atoms with Gasteiger partial charge in [-0.15, -0.1) is 6.42 Å². The molecule has 0 aliphatic heterocycles. The predicted molar refractivity (Wildman–Crippen MR) is 37.3 cm³/mol. The summed E-state index contributed by atoms with van der Waals surface area (Å²) in [5, 5.41) is 0. The number of hydrogen-bond donors (Lipinski definition) is 0. The molecular weight excluding hydrogens is 96.1 g/mol. The Morgan fingerprint density at radius 3 is 2.62 bits per heavy atom. The standard InChI is InChI=1S/C8H8/c1-4-6-7-8(3)5-2/h2,4,6-7H,1,3H2/b7-6-. The van der Waals surface area contributed by atoms with E-state index in [0.717, 1.165) is 0 Å². The van der Waals surface area contributed by atoms with E-state index < -0.39 is 0 Å². The van der Waals surface area contributed by atoms with Gasteiger partial charge in [0.05, 0.1) is 0 Å². The third kappa shape index (κ3) is 2.99. The number of rotatable bonds is 2. The van der Waals surface area contributed by atoms with E-state index in [1.807, 2.05) is 0 Å². The van der Waals surface area contributed by atoms with Crippen molar-refractivity contribution in [2.75, 3.05) is 0 Å². The first-order valence-electron chi connectivity index (χ1n) is 2.26. The zero-order valence-corrected chi connectivity index (χ0v) is 4.72. The van der Waals surface area contributed by atoms with Crippen molar-refractivity contribution < 1.29 is 0 Å². The van der Waals surface area contributed by atoms with Gasteiger partial charge in [0, 0.05) is 5.57 Å². The Bertz CT molecular complexity index is 153. The summed E-state index contributed by atoms with van der Waals surface area (Å²) in [4.78, 5) is 0. The zero-order chi connectivity index (χ0) is 6.41. The van der Waals surface area contributed by atoms with Crippen LogP contribution in [-0.4, -0.2) is 0 Å². The fourth-order valence-electron chi connectivity index (χ4n) is 0.232. The van der Waals surface area contributed by atoms with Crippen molar-refractivity contribution in [1.29, 1.82) is 0 Å². The van der Waals surface area contributed by atoms with Crippen LogP contribution in [0.5, 0.6) is 0 Å². The van der Waals surface area contributed by atoms with E-state index in [4.69, 9.17) is 6.42 Å². The van der Waals surface area contributed by atoms with Gasteiger partial charge in [0.1, 0.15) is 0 Å². The molecule has 0 spiro atoms. The first kappa shape index (κ1) is 6.78. The Hall–Kier alpha value is -1.22. The molecule has 0 aromatic carbocycles. The second-order valence-electron chi connectivity index (χ2n) is 1.26. The molecule has 40 valence electrons. The van der Waals surface area contributed by atoms with Crippen LogP contribution in [-0.2, 0) is 0 Å². The summed E-state index contributed by atoms with van der Waals surface area (Å²) in [6, 6.07) is 0. The van der Waals surface area contributed by atoms with E-state index in [2.05, 4.69) is 19.1 Å². The third-order valence-corrected chi connectivity index (χ3v) is 0.619. The molecule has 0 heteroatoms. The van der Waals surface area contributed by atoms with E-state index in [0.29, 0.717) is 5.57 Å². The second-order valence-corrected chi connectivity index (χ2v) is 1.26. The highest BCUT2D eigenvalue weighted by molar-refractivity contribution is 5.33. The van der Waals surface area contributed by atoms with Crippen molar-refractivity contribution in [2.45, 2.75) is 0 Å². The quantitative estimate of drug-likeness (QED) is 0.371. The first-order valence-corrected chi connectivity index (χ1v) is 2.26. The molecule has 0 unspecified atom stereocenters. The van der Waals surface area contributed by atoms with Gasteiger partial charge in [-0.1, -0.05) is 31.2 Å². The second kappa shape index (κ2) is 3.95. The SMILES string of the molecule is C#CC(=C)/C=C\C=C. The Balaban J connectivity index is 3.75. The lowest BCUT2D eigenvalue weighted by molar-refractivity contribution is 1.83. The molecule has 0 saturated heterocycles. The number of terminal acetylenes is 1. The minimum Gasteiger partial charge on any atom is -0.115 e. The molecule has 0 aliphatic carbocycles. The van der Waals surface area contributed by atoms with Crippen molar-refractivity contribution in [3.8, 4) is 12.3 Å². The molecule has 0 saturated carbocycles.